The summed E-state index contributed by atoms with van der Waals surface area (Å²) in [5.74, 6) is -12.0. The van der Waals surface area contributed by atoms with Gasteiger partial charge >= 0.3 is 0 Å². The zero-order valence-electron chi connectivity index (χ0n) is 17.0. The van der Waals surface area contributed by atoms with Gasteiger partial charge in [0.15, 0.2) is 23.3 Å². The number of hydrogen-bond acceptors (Lipinski definition) is 4. The van der Waals surface area contributed by atoms with E-state index in [0.717, 1.165) is 6.42 Å². The first-order valence-electron chi connectivity index (χ1n) is 9.23. The van der Waals surface area contributed by atoms with E-state index in [9.17, 15) is 35.2 Å². The van der Waals surface area contributed by atoms with E-state index >= 15 is 0 Å². The molecule has 2 saturated carbocycles. The van der Waals surface area contributed by atoms with Gasteiger partial charge in [-0.15, -0.1) is 10.3 Å². The van der Waals surface area contributed by atoms with Crippen LogP contribution in [0.2, 0.25) is 0 Å². The Morgan fingerprint density at radius 3 is 1.90 bits per heavy atom. The molecule has 1 aromatic rings. The first-order chi connectivity index (χ1) is 13.5. The SMILES string of the molecule is CC1(C)C2CCC1(CS(=O)(=O)OS(C)(C)Cc1c(F)c(F)c(F)c(F)c1F)C(=O)C2. The lowest BCUT2D eigenvalue weighted by molar-refractivity contribution is -0.128. The number of carbonyl (C=O) groups is 1. The second-order valence-electron chi connectivity index (χ2n) is 9.07. The van der Waals surface area contributed by atoms with Crippen LogP contribution in [0.1, 0.15) is 38.7 Å². The third kappa shape index (κ3) is 3.56. The molecule has 0 radical (unpaired) electrons. The summed E-state index contributed by atoms with van der Waals surface area (Å²) in [5, 5.41) is 0. The normalized spacial score (nSPS) is 26.4. The summed E-state index contributed by atoms with van der Waals surface area (Å²) in [6.07, 6.45) is 3.91. The van der Waals surface area contributed by atoms with Crippen LogP contribution in [0, 0.1) is 45.8 Å². The van der Waals surface area contributed by atoms with Crippen molar-refractivity contribution >= 4 is 26.2 Å². The molecule has 2 fully saturated rings. The second kappa shape index (κ2) is 7.16. The Morgan fingerprint density at radius 2 is 1.47 bits per heavy atom. The number of carbonyl (C=O) groups excluding carboxylic acids is 1. The molecule has 1 aromatic carbocycles. The van der Waals surface area contributed by atoms with Crippen LogP contribution in [0.5, 0.6) is 0 Å². The summed E-state index contributed by atoms with van der Waals surface area (Å²) >= 11 is 0. The Kier molecular flexibility index (Phi) is 5.60. The molecule has 30 heavy (non-hydrogen) atoms. The average molecular weight is 475 g/mol. The lowest BCUT2D eigenvalue weighted by atomic mass is 9.70. The van der Waals surface area contributed by atoms with E-state index in [-0.39, 0.29) is 11.7 Å². The molecule has 170 valence electrons. The van der Waals surface area contributed by atoms with Crippen molar-refractivity contribution in [3.8, 4) is 0 Å². The van der Waals surface area contributed by atoms with Crippen molar-refractivity contribution < 1.29 is 38.8 Å². The number of halogens is 5. The fourth-order valence-electron chi connectivity index (χ4n) is 4.86. The Bertz CT molecular complexity index is 993. The average Bonchev–Trinajstić information content (AvgIpc) is 2.95. The summed E-state index contributed by atoms with van der Waals surface area (Å²) in [6, 6.07) is 0. The monoisotopic (exact) mass is 474 g/mol. The van der Waals surface area contributed by atoms with Crippen molar-refractivity contribution in [2.24, 2.45) is 16.7 Å². The largest absolute Gasteiger partial charge is 0.299 e. The Morgan fingerprint density at radius 1 is 0.967 bits per heavy atom. The van der Waals surface area contributed by atoms with Crippen molar-refractivity contribution in [2.45, 2.75) is 38.9 Å². The minimum Gasteiger partial charge on any atom is -0.299 e. The van der Waals surface area contributed by atoms with Crippen molar-refractivity contribution in [3.63, 3.8) is 0 Å². The second-order valence-corrected chi connectivity index (χ2v) is 14.2. The van der Waals surface area contributed by atoms with Gasteiger partial charge in [0.25, 0.3) is 10.1 Å². The maximum atomic E-state index is 14.0. The van der Waals surface area contributed by atoms with Gasteiger partial charge in [-0.3, -0.25) is 4.79 Å². The van der Waals surface area contributed by atoms with E-state index in [1.165, 1.54) is 12.5 Å². The smallest absolute Gasteiger partial charge is 0.277 e. The maximum Gasteiger partial charge on any atom is 0.277 e. The number of rotatable bonds is 6. The van der Waals surface area contributed by atoms with Gasteiger partial charge in [-0.25, -0.2) is 25.6 Å². The highest BCUT2D eigenvalue weighted by Gasteiger charge is 2.65. The fourth-order valence-corrected chi connectivity index (χ4v) is 9.72. The number of benzene rings is 1. The van der Waals surface area contributed by atoms with Crippen LogP contribution in [0.15, 0.2) is 0 Å². The first-order valence-corrected chi connectivity index (χ1v) is 13.3. The third-order valence-corrected chi connectivity index (χ3v) is 10.8. The number of Topliss-reactive ketones (excluding diaryl/α,β-unsaturated/α-hetero) is 1. The number of ketones is 1. The van der Waals surface area contributed by atoms with Gasteiger partial charge < -0.3 is 0 Å². The van der Waals surface area contributed by atoms with Gasteiger partial charge in [0, 0.05) is 17.7 Å². The Labute approximate surface area is 173 Å². The van der Waals surface area contributed by atoms with Crippen LogP contribution in [-0.2, 0) is 24.3 Å². The van der Waals surface area contributed by atoms with Crippen molar-refractivity contribution in [2.75, 3.05) is 18.3 Å². The molecule has 2 bridgehead atoms. The molecule has 2 aliphatic carbocycles. The van der Waals surface area contributed by atoms with E-state index in [2.05, 4.69) is 0 Å². The van der Waals surface area contributed by atoms with Crippen molar-refractivity contribution in [1.82, 2.24) is 0 Å². The topological polar surface area (TPSA) is 60.4 Å². The molecule has 0 saturated heterocycles. The van der Waals surface area contributed by atoms with Crippen LogP contribution in [0.25, 0.3) is 0 Å². The zero-order valence-corrected chi connectivity index (χ0v) is 18.6. The molecule has 3 rings (SSSR count). The molecular weight excluding hydrogens is 451 g/mol. The van der Waals surface area contributed by atoms with Crippen LogP contribution in [-0.4, -0.2) is 32.5 Å². The minimum absolute atomic E-state index is 0.0777. The predicted molar refractivity (Wildman–Crippen MR) is 103 cm³/mol. The molecule has 2 aliphatic rings. The molecule has 4 nitrogen and oxygen atoms in total. The van der Waals surface area contributed by atoms with Crippen LogP contribution < -0.4 is 0 Å². The molecule has 11 heteroatoms. The lowest BCUT2D eigenvalue weighted by Gasteiger charge is -2.37. The van der Waals surface area contributed by atoms with Crippen molar-refractivity contribution in [3.05, 3.63) is 34.6 Å². The molecule has 0 heterocycles. The van der Waals surface area contributed by atoms with E-state index in [1.807, 2.05) is 13.8 Å². The van der Waals surface area contributed by atoms with Gasteiger partial charge in [0.1, 0.15) is 5.78 Å². The molecular formula is C19H23F5O4S2. The molecule has 0 amide bonds. The summed E-state index contributed by atoms with van der Waals surface area (Å²) < 4.78 is 99.1. The zero-order chi connectivity index (χ0) is 22.9. The van der Waals surface area contributed by atoms with Gasteiger partial charge in [-0.2, -0.15) is 8.42 Å². The minimum atomic E-state index is -4.33. The van der Waals surface area contributed by atoms with E-state index < -0.39 is 77.4 Å². The van der Waals surface area contributed by atoms with Gasteiger partial charge in [0.05, 0.1) is 11.2 Å². The highest BCUT2D eigenvalue weighted by molar-refractivity contribution is 8.31. The molecule has 0 aliphatic heterocycles. The Hall–Kier alpha value is -1.20. The molecule has 0 spiro atoms. The van der Waals surface area contributed by atoms with Crippen LogP contribution in [0.4, 0.5) is 22.0 Å². The molecule has 2 unspecified atom stereocenters. The fraction of sp³-hybridized carbons (Fsp3) is 0.632. The molecule has 2 atom stereocenters. The summed E-state index contributed by atoms with van der Waals surface area (Å²) in [5.41, 5.74) is -2.77. The Balaban J connectivity index is 1.86. The number of hydrogen-bond donors (Lipinski definition) is 0. The summed E-state index contributed by atoms with van der Waals surface area (Å²) in [7, 11) is -7.17. The van der Waals surface area contributed by atoms with Crippen molar-refractivity contribution in [1.29, 1.82) is 0 Å². The predicted octanol–water partition coefficient (Wildman–Crippen LogP) is 4.60. The van der Waals surface area contributed by atoms with Gasteiger partial charge in [-0.05, 0) is 36.7 Å². The van der Waals surface area contributed by atoms with Gasteiger partial charge in [-0.1, -0.05) is 13.8 Å². The third-order valence-electron chi connectivity index (χ3n) is 6.64. The van der Waals surface area contributed by atoms with E-state index in [1.54, 1.807) is 0 Å². The highest BCUT2D eigenvalue weighted by atomic mass is 32.3. The summed E-state index contributed by atoms with van der Waals surface area (Å²) in [4.78, 5) is 12.6. The quantitative estimate of drug-likeness (QED) is 0.343. The molecule has 0 aromatic heterocycles. The first kappa shape index (κ1) is 23.5. The number of fused-ring (bicyclic) bond motifs is 2. The maximum absolute atomic E-state index is 14.0. The van der Waals surface area contributed by atoms with Gasteiger partial charge in [0.2, 0.25) is 5.82 Å². The lowest BCUT2D eigenvalue weighted by Crippen LogP contribution is -2.42. The standard InChI is InChI=1S/C19H23F5O4S2/c1-18(2)10-5-6-19(18,12(25)7-10)9-30(26,27)28-29(3,4)8-11-13(20)15(22)17(24)16(23)14(11)21/h10H,5-9H2,1-4H3. The van der Waals surface area contributed by atoms with E-state index in [4.69, 9.17) is 3.63 Å². The molecule has 0 N–H and O–H groups in total. The summed E-state index contributed by atoms with van der Waals surface area (Å²) in [6.45, 7) is 3.69. The highest BCUT2D eigenvalue weighted by Crippen LogP contribution is 2.64. The van der Waals surface area contributed by atoms with E-state index in [0.29, 0.717) is 12.8 Å². The van der Waals surface area contributed by atoms with Crippen LogP contribution in [0.3, 0.4) is 0 Å². The van der Waals surface area contributed by atoms with Crippen LogP contribution >= 0.6 is 10.3 Å².